The van der Waals surface area contributed by atoms with Crippen LogP contribution in [0.25, 0.3) is 0 Å². The first-order chi connectivity index (χ1) is 10.7. The molecule has 1 saturated carbocycles. The van der Waals surface area contributed by atoms with E-state index in [0.717, 1.165) is 6.42 Å². The standard InChI is InChI=1S/C15H16F3NO4/c16-15(17,18)23-11-5-2-1-4-10(11)6-7-12(20)19-14(13(21)22)8-3-9-14/h1-2,4-5H,3,6-9H2,(H,19,20)(H,21,22). The Balaban J connectivity index is 1.96. The topological polar surface area (TPSA) is 75.6 Å². The summed E-state index contributed by atoms with van der Waals surface area (Å²) in [7, 11) is 0. The zero-order chi connectivity index (χ0) is 17.1. The highest BCUT2D eigenvalue weighted by Crippen LogP contribution is 2.32. The summed E-state index contributed by atoms with van der Waals surface area (Å²) >= 11 is 0. The number of halogens is 3. The fraction of sp³-hybridized carbons (Fsp3) is 0.467. The maximum absolute atomic E-state index is 12.3. The van der Waals surface area contributed by atoms with Gasteiger partial charge in [-0.15, -0.1) is 13.2 Å². The number of aryl methyl sites for hydroxylation is 1. The molecule has 1 aromatic carbocycles. The van der Waals surface area contributed by atoms with E-state index in [9.17, 15) is 22.8 Å². The van der Waals surface area contributed by atoms with Gasteiger partial charge < -0.3 is 15.2 Å². The van der Waals surface area contributed by atoms with Crippen molar-refractivity contribution in [3.8, 4) is 5.75 Å². The monoisotopic (exact) mass is 331 g/mol. The number of hydrogen-bond acceptors (Lipinski definition) is 3. The van der Waals surface area contributed by atoms with Gasteiger partial charge in [-0.05, 0) is 37.3 Å². The first-order valence-electron chi connectivity index (χ1n) is 7.10. The Kier molecular flexibility index (Phi) is 4.82. The molecule has 0 radical (unpaired) electrons. The van der Waals surface area contributed by atoms with Gasteiger partial charge in [0.25, 0.3) is 0 Å². The van der Waals surface area contributed by atoms with Crippen LogP contribution >= 0.6 is 0 Å². The molecule has 1 aromatic rings. The van der Waals surface area contributed by atoms with Gasteiger partial charge in [-0.25, -0.2) is 4.79 Å². The lowest BCUT2D eigenvalue weighted by Crippen LogP contribution is -2.59. The Bertz CT molecular complexity index is 597. The van der Waals surface area contributed by atoms with Crippen LogP contribution in [-0.4, -0.2) is 28.9 Å². The second-order valence-corrected chi connectivity index (χ2v) is 5.44. The van der Waals surface area contributed by atoms with Crippen LogP contribution in [0.2, 0.25) is 0 Å². The molecule has 2 rings (SSSR count). The number of carboxylic acids is 1. The minimum atomic E-state index is -4.81. The second-order valence-electron chi connectivity index (χ2n) is 5.44. The highest BCUT2D eigenvalue weighted by molar-refractivity contribution is 5.87. The molecule has 23 heavy (non-hydrogen) atoms. The first-order valence-corrected chi connectivity index (χ1v) is 7.10. The van der Waals surface area contributed by atoms with Crippen LogP contribution in [0.4, 0.5) is 13.2 Å². The fourth-order valence-corrected chi connectivity index (χ4v) is 2.43. The van der Waals surface area contributed by atoms with Crippen molar-refractivity contribution in [2.75, 3.05) is 0 Å². The highest BCUT2D eigenvalue weighted by Gasteiger charge is 2.45. The molecule has 1 aliphatic carbocycles. The highest BCUT2D eigenvalue weighted by atomic mass is 19.4. The van der Waals surface area contributed by atoms with Crippen LogP contribution in [0, 0.1) is 0 Å². The van der Waals surface area contributed by atoms with E-state index < -0.39 is 23.8 Å². The van der Waals surface area contributed by atoms with Crippen molar-refractivity contribution < 1.29 is 32.6 Å². The van der Waals surface area contributed by atoms with Crippen molar-refractivity contribution in [1.82, 2.24) is 5.32 Å². The third-order valence-electron chi connectivity index (χ3n) is 3.81. The van der Waals surface area contributed by atoms with Crippen molar-refractivity contribution in [2.45, 2.75) is 44.0 Å². The third-order valence-corrected chi connectivity index (χ3v) is 3.81. The second kappa shape index (κ2) is 6.47. The lowest BCUT2D eigenvalue weighted by atomic mass is 9.76. The largest absolute Gasteiger partial charge is 0.573 e. The van der Waals surface area contributed by atoms with Crippen LogP contribution in [0.5, 0.6) is 5.75 Å². The zero-order valence-electron chi connectivity index (χ0n) is 12.2. The summed E-state index contributed by atoms with van der Waals surface area (Å²) in [6, 6.07) is 5.55. The van der Waals surface area contributed by atoms with E-state index >= 15 is 0 Å². The van der Waals surface area contributed by atoms with Gasteiger partial charge in [0.1, 0.15) is 11.3 Å². The van der Waals surface area contributed by atoms with Gasteiger partial charge in [-0.3, -0.25) is 4.79 Å². The number of hydrogen-bond donors (Lipinski definition) is 2. The van der Waals surface area contributed by atoms with Gasteiger partial charge in [0.2, 0.25) is 5.91 Å². The van der Waals surface area contributed by atoms with Gasteiger partial charge in [-0.1, -0.05) is 18.2 Å². The molecule has 0 aliphatic heterocycles. The lowest BCUT2D eigenvalue weighted by Gasteiger charge is -2.38. The van der Waals surface area contributed by atoms with Crippen LogP contribution in [-0.2, 0) is 16.0 Å². The minimum Gasteiger partial charge on any atom is -0.480 e. The predicted octanol–water partition coefficient (Wildman–Crippen LogP) is 2.64. The number of ether oxygens (including phenoxy) is 1. The summed E-state index contributed by atoms with van der Waals surface area (Å²) in [6.45, 7) is 0. The average molecular weight is 331 g/mol. The van der Waals surface area contributed by atoms with E-state index in [1.54, 1.807) is 6.07 Å². The molecule has 1 aliphatic rings. The molecule has 5 nitrogen and oxygen atoms in total. The number of rotatable bonds is 6. The van der Waals surface area contributed by atoms with Crippen molar-refractivity contribution in [1.29, 1.82) is 0 Å². The number of carbonyl (C=O) groups is 2. The van der Waals surface area contributed by atoms with Crippen LogP contribution in [0.15, 0.2) is 24.3 Å². The molecule has 126 valence electrons. The van der Waals surface area contributed by atoms with E-state index in [4.69, 9.17) is 5.11 Å². The quantitative estimate of drug-likeness (QED) is 0.840. The summed E-state index contributed by atoms with van der Waals surface area (Å²) < 4.78 is 40.9. The number of amides is 1. The number of para-hydroxylation sites is 1. The van der Waals surface area contributed by atoms with Crippen molar-refractivity contribution in [3.05, 3.63) is 29.8 Å². The molecule has 0 aromatic heterocycles. The number of benzene rings is 1. The van der Waals surface area contributed by atoms with Crippen LogP contribution in [0.1, 0.15) is 31.2 Å². The van der Waals surface area contributed by atoms with Crippen molar-refractivity contribution in [2.24, 2.45) is 0 Å². The Labute approximate surface area is 130 Å². The van der Waals surface area contributed by atoms with Gasteiger partial charge in [0.15, 0.2) is 0 Å². The molecule has 2 N–H and O–H groups in total. The summed E-state index contributed by atoms with van der Waals surface area (Å²) in [4.78, 5) is 23.1. The van der Waals surface area contributed by atoms with Gasteiger partial charge in [-0.2, -0.15) is 0 Å². The molecule has 0 atom stereocenters. The van der Waals surface area contributed by atoms with Gasteiger partial charge >= 0.3 is 12.3 Å². The molecule has 0 saturated heterocycles. The molecule has 0 spiro atoms. The first kappa shape index (κ1) is 17.1. The number of aliphatic carboxylic acids is 1. The minimum absolute atomic E-state index is 0.0216. The summed E-state index contributed by atoms with van der Waals surface area (Å²) in [5.74, 6) is -1.95. The Morgan fingerprint density at radius 2 is 1.91 bits per heavy atom. The number of carboxylic acid groups (broad SMARTS) is 1. The summed E-state index contributed by atoms with van der Waals surface area (Å²) in [5.41, 5.74) is -0.989. The maximum Gasteiger partial charge on any atom is 0.573 e. The van der Waals surface area contributed by atoms with Crippen molar-refractivity contribution in [3.63, 3.8) is 0 Å². The number of nitrogens with one attached hydrogen (secondary N) is 1. The number of carbonyl (C=O) groups excluding carboxylic acids is 1. The lowest BCUT2D eigenvalue weighted by molar-refractivity contribution is -0.274. The Morgan fingerprint density at radius 3 is 2.43 bits per heavy atom. The molecule has 0 heterocycles. The molecular formula is C15H16F3NO4. The fourth-order valence-electron chi connectivity index (χ4n) is 2.43. The van der Waals surface area contributed by atoms with E-state index in [1.165, 1.54) is 18.2 Å². The van der Waals surface area contributed by atoms with E-state index in [1.807, 2.05) is 0 Å². The molecular weight excluding hydrogens is 315 g/mol. The van der Waals surface area contributed by atoms with Gasteiger partial charge in [0.05, 0.1) is 0 Å². The maximum atomic E-state index is 12.3. The molecule has 1 fully saturated rings. The molecule has 8 heteroatoms. The molecule has 0 unspecified atom stereocenters. The average Bonchev–Trinajstić information content (AvgIpc) is 2.39. The van der Waals surface area contributed by atoms with Gasteiger partial charge in [0, 0.05) is 6.42 Å². The number of alkyl halides is 3. The molecule has 0 bridgehead atoms. The normalized spacial score (nSPS) is 16.3. The Hall–Kier alpha value is -2.25. The van der Waals surface area contributed by atoms with Crippen molar-refractivity contribution >= 4 is 11.9 Å². The van der Waals surface area contributed by atoms with Crippen LogP contribution < -0.4 is 10.1 Å². The Morgan fingerprint density at radius 1 is 1.26 bits per heavy atom. The zero-order valence-corrected chi connectivity index (χ0v) is 12.2. The predicted molar refractivity (Wildman–Crippen MR) is 73.8 cm³/mol. The third kappa shape index (κ3) is 4.37. The summed E-state index contributed by atoms with van der Waals surface area (Å²) in [6.07, 6.45) is -3.46. The molecule has 1 amide bonds. The van der Waals surface area contributed by atoms with Crippen LogP contribution in [0.3, 0.4) is 0 Å². The van der Waals surface area contributed by atoms with E-state index in [-0.39, 0.29) is 24.2 Å². The van der Waals surface area contributed by atoms with E-state index in [2.05, 4.69) is 10.1 Å². The SMILES string of the molecule is O=C(CCc1ccccc1OC(F)(F)F)NC1(C(=O)O)CCC1. The summed E-state index contributed by atoms with van der Waals surface area (Å²) in [5, 5.41) is 11.6. The smallest absolute Gasteiger partial charge is 0.480 e. The van der Waals surface area contributed by atoms with E-state index in [0.29, 0.717) is 12.8 Å².